The fraction of sp³-hybridized carbons (Fsp3) is 0. The zero-order valence-corrected chi connectivity index (χ0v) is 31.1. The monoisotopic (exact) mass is 747 g/mol. The van der Waals surface area contributed by atoms with Crippen molar-refractivity contribution < 1.29 is 8.83 Å². The number of fused-ring (bicyclic) bond motifs is 9. The van der Waals surface area contributed by atoms with Gasteiger partial charge in [-0.2, -0.15) is 0 Å². The highest BCUT2D eigenvalue weighted by Crippen LogP contribution is 2.47. The van der Waals surface area contributed by atoms with Gasteiger partial charge >= 0.3 is 0 Å². The molecule has 0 aliphatic carbocycles. The Morgan fingerprint density at radius 2 is 0.982 bits per heavy atom. The first kappa shape index (κ1) is 31.9. The number of para-hydroxylation sites is 2. The Kier molecular flexibility index (Phi) is 7.03. The van der Waals surface area contributed by atoms with Gasteiger partial charge in [0.05, 0.1) is 5.56 Å². The van der Waals surface area contributed by atoms with Crippen LogP contribution in [-0.4, -0.2) is 15.0 Å². The van der Waals surface area contributed by atoms with Crippen LogP contribution in [0.2, 0.25) is 0 Å². The van der Waals surface area contributed by atoms with Crippen LogP contribution in [0, 0.1) is 0 Å². The first-order valence-corrected chi connectivity index (χ1v) is 19.7. The summed E-state index contributed by atoms with van der Waals surface area (Å²) in [5.41, 5.74) is 10.4. The summed E-state index contributed by atoms with van der Waals surface area (Å²) in [7, 11) is 0. The Morgan fingerprint density at radius 3 is 1.84 bits per heavy atom. The maximum atomic E-state index is 6.87. The Labute approximate surface area is 330 Å². The number of nitrogens with zero attached hydrogens (tertiary/aromatic N) is 3. The Balaban J connectivity index is 1.09. The minimum Gasteiger partial charge on any atom is -0.456 e. The Bertz CT molecular complexity index is 3530. The van der Waals surface area contributed by atoms with Crippen LogP contribution >= 0.6 is 11.3 Å². The van der Waals surface area contributed by atoms with Crippen molar-refractivity contribution in [2.24, 2.45) is 0 Å². The summed E-state index contributed by atoms with van der Waals surface area (Å²) in [5, 5.41) is 6.70. The molecule has 266 valence electrons. The van der Waals surface area contributed by atoms with Gasteiger partial charge in [0, 0.05) is 52.8 Å². The summed E-state index contributed by atoms with van der Waals surface area (Å²) in [6.45, 7) is 0. The third kappa shape index (κ3) is 5.12. The van der Waals surface area contributed by atoms with E-state index < -0.39 is 0 Å². The normalized spacial score (nSPS) is 11.9. The van der Waals surface area contributed by atoms with Crippen LogP contribution in [0.25, 0.3) is 120 Å². The number of benzene rings is 8. The highest BCUT2D eigenvalue weighted by Gasteiger charge is 2.22. The molecule has 57 heavy (non-hydrogen) atoms. The molecule has 5 nitrogen and oxygen atoms in total. The fourth-order valence-electron chi connectivity index (χ4n) is 8.32. The van der Waals surface area contributed by atoms with E-state index in [9.17, 15) is 0 Å². The molecule has 0 saturated heterocycles. The molecule has 0 unspecified atom stereocenters. The SMILES string of the molecule is c1ccc(-c2cc(-c3cccc4oc5c(-c6nc(-c7ccccc7)nc(-c7ccc8c(c7)oc7ccccc78)n6)cccc5c34)c3c(c2)sc2ccccc23)cc1. The maximum absolute atomic E-state index is 6.87. The highest BCUT2D eigenvalue weighted by atomic mass is 32.1. The molecule has 0 spiro atoms. The molecule has 0 bridgehead atoms. The van der Waals surface area contributed by atoms with Gasteiger partial charge < -0.3 is 8.83 Å². The number of aromatic nitrogens is 3. The molecule has 0 amide bonds. The molecule has 12 aromatic rings. The van der Waals surface area contributed by atoms with Crippen LogP contribution in [0.15, 0.2) is 185 Å². The molecule has 0 radical (unpaired) electrons. The van der Waals surface area contributed by atoms with Gasteiger partial charge in [-0.05, 0) is 70.8 Å². The Morgan fingerprint density at radius 1 is 0.333 bits per heavy atom. The second kappa shape index (κ2) is 12.6. The van der Waals surface area contributed by atoms with Crippen LogP contribution in [0.3, 0.4) is 0 Å². The fourth-order valence-corrected chi connectivity index (χ4v) is 9.49. The average Bonchev–Trinajstić information content (AvgIpc) is 3.97. The minimum absolute atomic E-state index is 0.534. The van der Waals surface area contributed by atoms with Gasteiger partial charge in [-0.15, -0.1) is 11.3 Å². The molecule has 0 saturated carbocycles. The average molecular weight is 748 g/mol. The lowest BCUT2D eigenvalue weighted by molar-refractivity contribution is 0.668. The van der Waals surface area contributed by atoms with Crippen molar-refractivity contribution in [2.75, 3.05) is 0 Å². The van der Waals surface area contributed by atoms with Gasteiger partial charge in [0.2, 0.25) is 0 Å². The summed E-state index contributed by atoms with van der Waals surface area (Å²) < 4.78 is 15.7. The number of hydrogen-bond acceptors (Lipinski definition) is 6. The molecule has 4 aromatic heterocycles. The third-order valence-electron chi connectivity index (χ3n) is 10.9. The van der Waals surface area contributed by atoms with Crippen LogP contribution in [0.4, 0.5) is 0 Å². The molecular formula is C51H29N3O2S. The first-order chi connectivity index (χ1) is 28.2. The maximum Gasteiger partial charge on any atom is 0.167 e. The van der Waals surface area contributed by atoms with Crippen molar-refractivity contribution in [3.8, 4) is 56.4 Å². The van der Waals surface area contributed by atoms with E-state index in [1.807, 2.05) is 72.0 Å². The summed E-state index contributed by atoms with van der Waals surface area (Å²) in [6.07, 6.45) is 0. The first-order valence-electron chi connectivity index (χ1n) is 18.9. The van der Waals surface area contributed by atoms with E-state index in [-0.39, 0.29) is 0 Å². The van der Waals surface area contributed by atoms with E-state index in [0.29, 0.717) is 17.5 Å². The van der Waals surface area contributed by atoms with Gasteiger partial charge in [0.1, 0.15) is 22.3 Å². The second-order valence-corrected chi connectivity index (χ2v) is 15.4. The van der Waals surface area contributed by atoms with E-state index in [4.69, 9.17) is 23.8 Å². The lowest BCUT2D eigenvalue weighted by Gasteiger charge is -2.11. The largest absolute Gasteiger partial charge is 0.456 e. The van der Waals surface area contributed by atoms with Crippen LogP contribution in [-0.2, 0) is 0 Å². The van der Waals surface area contributed by atoms with Crippen molar-refractivity contribution >= 4 is 75.4 Å². The van der Waals surface area contributed by atoms with E-state index in [1.165, 1.54) is 36.9 Å². The molecular weight excluding hydrogens is 719 g/mol. The van der Waals surface area contributed by atoms with E-state index >= 15 is 0 Å². The topological polar surface area (TPSA) is 65.0 Å². The molecule has 0 atom stereocenters. The predicted octanol–water partition coefficient (Wildman–Crippen LogP) is 14.4. The smallest absolute Gasteiger partial charge is 0.167 e. The second-order valence-electron chi connectivity index (χ2n) is 14.3. The summed E-state index contributed by atoms with van der Waals surface area (Å²) in [6, 6.07) is 61.0. The summed E-state index contributed by atoms with van der Waals surface area (Å²) in [5.74, 6) is 1.67. The molecule has 0 fully saturated rings. The number of rotatable bonds is 5. The summed E-state index contributed by atoms with van der Waals surface area (Å²) >= 11 is 1.84. The predicted molar refractivity (Wildman–Crippen MR) is 234 cm³/mol. The van der Waals surface area contributed by atoms with Crippen LogP contribution < -0.4 is 0 Å². The lowest BCUT2D eigenvalue weighted by atomic mass is 9.92. The Hall–Kier alpha value is -7.41. The van der Waals surface area contributed by atoms with E-state index in [2.05, 4.69) is 115 Å². The van der Waals surface area contributed by atoms with Gasteiger partial charge in [-0.25, -0.2) is 15.0 Å². The van der Waals surface area contributed by atoms with Crippen molar-refractivity contribution in [2.45, 2.75) is 0 Å². The number of hydrogen-bond donors (Lipinski definition) is 0. The molecule has 4 heterocycles. The van der Waals surface area contributed by atoms with E-state index in [0.717, 1.165) is 66.1 Å². The molecule has 8 aromatic carbocycles. The van der Waals surface area contributed by atoms with Crippen molar-refractivity contribution in [3.63, 3.8) is 0 Å². The molecule has 0 N–H and O–H groups in total. The van der Waals surface area contributed by atoms with Gasteiger partial charge in [-0.1, -0.05) is 127 Å². The number of furan rings is 2. The molecule has 0 aliphatic rings. The minimum atomic E-state index is 0.534. The standard InChI is InChI=1S/C51H29N3O2S/c1-3-13-30(14-4-1)33-27-40(47-37-18-8-10-24-44(37)57-45(47)29-33)36-19-12-23-42-46(36)38-20-11-21-39(48(38)56-42)51-53-49(31-15-5-2-6-16-31)52-50(54-51)32-25-26-35-34-17-7-9-22-41(34)55-43(35)28-32/h1-29H. The molecule has 12 rings (SSSR count). The highest BCUT2D eigenvalue weighted by molar-refractivity contribution is 7.26. The van der Waals surface area contributed by atoms with Crippen LogP contribution in [0.1, 0.15) is 0 Å². The van der Waals surface area contributed by atoms with Gasteiger partial charge in [0.15, 0.2) is 17.5 Å². The molecule has 0 aliphatic heterocycles. The molecule has 6 heteroatoms. The lowest BCUT2D eigenvalue weighted by Crippen LogP contribution is -2.00. The van der Waals surface area contributed by atoms with Crippen molar-refractivity contribution in [3.05, 3.63) is 176 Å². The zero-order valence-electron chi connectivity index (χ0n) is 30.3. The zero-order chi connectivity index (χ0) is 37.5. The summed E-state index contributed by atoms with van der Waals surface area (Å²) in [4.78, 5) is 15.3. The van der Waals surface area contributed by atoms with Gasteiger partial charge in [-0.3, -0.25) is 0 Å². The van der Waals surface area contributed by atoms with Crippen molar-refractivity contribution in [1.29, 1.82) is 0 Å². The third-order valence-corrected chi connectivity index (χ3v) is 12.1. The van der Waals surface area contributed by atoms with Gasteiger partial charge in [0.25, 0.3) is 0 Å². The quantitative estimate of drug-likeness (QED) is 0.175. The number of thiophene rings is 1. The van der Waals surface area contributed by atoms with Crippen molar-refractivity contribution in [1.82, 2.24) is 15.0 Å². The van der Waals surface area contributed by atoms with E-state index in [1.54, 1.807) is 0 Å². The van der Waals surface area contributed by atoms with Crippen LogP contribution in [0.5, 0.6) is 0 Å².